The van der Waals surface area contributed by atoms with E-state index in [4.69, 9.17) is 17.3 Å². The lowest BCUT2D eigenvalue weighted by molar-refractivity contribution is 0.591. The molecule has 0 amide bonds. The minimum absolute atomic E-state index is 0.0541. The summed E-state index contributed by atoms with van der Waals surface area (Å²) < 4.78 is 26.5. The molecule has 0 saturated heterocycles. The van der Waals surface area contributed by atoms with Crippen LogP contribution in [0.3, 0.4) is 0 Å². The topological polar surface area (TPSA) is 78.0 Å². The summed E-state index contributed by atoms with van der Waals surface area (Å²) in [4.78, 5) is 0.0541. The fourth-order valence-electron chi connectivity index (χ4n) is 1.91. The second-order valence-corrected chi connectivity index (χ2v) is 6.92. The van der Waals surface area contributed by atoms with Gasteiger partial charge in [-0.25, -0.2) is 8.42 Å². The molecule has 0 spiro atoms. The molecule has 0 bridgehead atoms. The zero-order chi connectivity index (χ0) is 14.9. The van der Waals surface area contributed by atoms with Gasteiger partial charge in [-0.15, -0.1) is 0 Å². The largest absolute Gasteiger partial charge is 0.399 e. The maximum atomic E-state index is 12.4. The van der Waals surface area contributed by atoms with Gasteiger partial charge in [-0.05, 0) is 30.7 Å². The molecule has 1 heterocycles. The first-order valence-corrected chi connectivity index (χ1v) is 8.16. The van der Waals surface area contributed by atoms with Crippen molar-refractivity contribution in [2.75, 3.05) is 5.73 Å². The van der Waals surface area contributed by atoms with Gasteiger partial charge in [-0.3, -0.25) is 4.68 Å². The van der Waals surface area contributed by atoms with E-state index in [9.17, 15) is 8.42 Å². The number of nitrogens with zero attached hydrogens (tertiary/aromatic N) is 2. The van der Waals surface area contributed by atoms with Crippen LogP contribution in [0.2, 0.25) is 5.02 Å². The summed E-state index contributed by atoms with van der Waals surface area (Å²) in [7, 11) is -1.83. The number of rotatable bonds is 4. The highest BCUT2D eigenvalue weighted by molar-refractivity contribution is 7.90. The molecule has 1 aromatic heterocycles. The molecule has 7 heteroatoms. The number of nitrogen functional groups attached to an aromatic ring is 1. The van der Waals surface area contributed by atoms with Gasteiger partial charge < -0.3 is 5.73 Å². The van der Waals surface area contributed by atoms with Crippen LogP contribution in [0.5, 0.6) is 0 Å². The molecule has 20 heavy (non-hydrogen) atoms. The predicted molar refractivity (Wildman–Crippen MR) is 79.3 cm³/mol. The second-order valence-electron chi connectivity index (χ2n) is 4.55. The van der Waals surface area contributed by atoms with Gasteiger partial charge in [0.25, 0.3) is 0 Å². The van der Waals surface area contributed by atoms with Crippen LogP contribution in [-0.4, -0.2) is 18.2 Å². The molecule has 0 aliphatic heterocycles. The summed E-state index contributed by atoms with van der Waals surface area (Å²) in [6.45, 7) is 1.97. The van der Waals surface area contributed by atoms with Crippen LogP contribution in [0.1, 0.15) is 18.3 Å². The molecular formula is C13H16ClN3O2S. The molecule has 2 rings (SSSR count). The normalized spacial score (nSPS) is 11.8. The number of anilines is 1. The second kappa shape index (κ2) is 5.46. The smallest absolute Gasteiger partial charge is 0.185 e. The molecule has 0 fully saturated rings. The highest BCUT2D eigenvalue weighted by Gasteiger charge is 2.21. The average molecular weight is 314 g/mol. The Balaban J connectivity index is 2.40. The van der Waals surface area contributed by atoms with Gasteiger partial charge in [-0.2, -0.15) is 5.10 Å². The van der Waals surface area contributed by atoms with Crippen LogP contribution in [-0.2, 0) is 29.1 Å². The van der Waals surface area contributed by atoms with Crippen LogP contribution in [0.15, 0.2) is 29.2 Å². The molecule has 0 aliphatic carbocycles. The van der Waals surface area contributed by atoms with E-state index in [2.05, 4.69) is 5.10 Å². The number of nitrogens with two attached hydrogens (primary N) is 1. The van der Waals surface area contributed by atoms with Crippen molar-refractivity contribution in [3.8, 4) is 0 Å². The fraction of sp³-hybridized carbons (Fsp3) is 0.308. The zero-order valence-corrected chi connectivity index (χ0v) is 12.9. The average Bonchev–Trinajstić information content (AvgIpc) is 2.72. The van der Waals surface area contributed by atoms with Crippen LogP contribution >= 0.6 is 11.6 Å². The van der Waals surface area contributed by atoms with Crippen molar-refractivity contribution in [3.05, 3.63) is 40.7 Å². The number of hydrogen-bond donors (Lipinski definition) is 1. The van der Waals surface area contributed by atoms with Crippen molar-refractivity contribution in [1.82, 2.24) is 9.78 Å². The minimum atomic E-state index is -3.56. The first kappa shape index (κ1) is 14.9. The Bertz CT molecular complexity index is 738. The van der Waals surface area contributed by atoms with Gasteiger partial charge in [0.1, 0.15) is 0 Å². The molecule has 2 aromatic rings. The van der Waals surface area contributed by atoms with E-state index in [1.54, 1.807) is 23.9 Å². The summed E-state index contributed by atoms with van der Waals surface area (Å²) in [5, 5.41) is 4.42. The first-order valence-electron chi connectivity index (χ1n) is 6.13. The molecule has 2 N–H and O–H groups in total. The number of aromatic nitrogens is 2. The van der Waals surface area contributed by atoms with Crippen molar-refractivity contribution < 1.29 is 8.42 Å². The third-order valence-corrected chi connectivity index (χ3v) is 5.14. The lowest BCUT2D eigenvalue weighted by Gasteiger charge is -2.07. The number of sulfone groups is 1. The van der Waals surface area contributed by atoms with E-state index in [0.717, 1.165) is 12.1 Å². The SMILES string of the molecule is CCc1cc(CS(=O)(=O)c2cc(N)ccc2Cl)n(C)n1. The van der Waals surface area contributed by atoms with Gasteiger partial charge in [0.2, 0.25) is 0 Å². The van der Waals surface area contributed by atoms with Crippen LogP contribution < -0.4 is 5.73 Å². The van der Waals surface area contributed by atoms with Crippen LogP contribution in [0.25, 0.3) is 0 Å². The molecule has 0 saturated carbocycles. The number of benzene rings is 1. The number of aryl methyl sites for hydroxylation is 2. The lowest BCUT2D eigenvalue weighted by atomic mass is 10.3. The zero-order valence-electron chi connectivity index (χ0n) is 11.3. The maximum Gasteiger partial charge on any atom is 0.185 e. The van der Waals surface area contributed by atoms with E-state index in [0.29, 0.717) is 11.4 Å². The third-order valence-electron chi connectivity index (χ3n) is 3.02. The number of hydrogen-bond acceptors (Lipinski definition) is 4. The van der Waals surface area contributed by atoms with Crippen molar-refractivity contribution in [1.29, 1.82) is 0 Å². The molecule has 0 unspecified atom stereocenters. The van der Waals surface area contributed by atoms with E-state index < -0.39 is 9.84 Å². The van der Waals surface area contributed by atoms with E-state index in [-0.39, 0.29) is 15.7 Å². The summed E-state index contributed by atoms with van der Waals surface area (Å²) in [5.74, 6) is -0.153. The lowest BCUT2D eigenvalue weighted by Crippen LogP contribution is -2.09. The molecule has 108 valence electrons. The minimum Gasteiger partial charge on any atom is -0.399 e. The Labute approximate surface area is 123 Å². The standard InChI is InChI=1S/C13H16ClN3O2S/c1-3-10-7-11(17(2)16-10)8-20(18,19)13-6-9(15)4-5-12(13)14/h4-7H,3,8,15H2,1-2H3. The van der Waals surface area contributed by atoms with E-state index in [1.165, 1.54) is 12.1 Å². The maximum absolute atomic E-state index is 12.4. The van der Waals surface area contributed by atoms with E-state index in [1.807, 2.05) is 6.92 Å². The van der Waals surface area contributed by atoms with Gasteiger partial charge >= 0.3 is 0 Å². The molecule has 0 atom stereocenters. The number of halogens is 1. The van der Waals surface area contributed by atoms with Gasteiger partial charge in [0.15, 0.2) is 9.84 Å². The Morgan fingerprint density at radius 2 is 2.05 bits per heavy atom. The van der Waals surface area contributed by atoms with Crippen molar-refractivity contribution in [2.24, 2.45) is 7.05 Å². The summed E-state index contributed by atoms with van der Waals surface area (Å²) in [6.07, 6.45) is 0.757. The van der Waals surface area contributed by atoms with Crippen molar-refractivity contribution in [3.63, 3.8) is 0 Å². The van der Waals surface area contributed by atoms with Gasteiger partial charge in [0, 0.05) is 12.7 Å². The Hall–Kier alpha value is -1.53. The Kier molecular flexibility index (Phi) is 4.06. The molecular weight excluding hydrogens is 298 g/mol. The van der Waals surface area contributed by atoms with E-state index >= 15 is 0 Å². The summed E-state index contributed by atoms with van der Waals surface area (Å²) >= 11 is 5.96. The fourth-order valence-corrected chi connectivity index (χ4v) is 3.88. The van der Waals surface area contributed by atoms with Crippen molar-refractivity contribution in [2.45, 2.75) is 24.0 Å². The highest BCUT2D eigenvalue weighted by Crippen LogP contribution is 2.26. The summed E-state index contributed by atoms with van der Waals surface area (Å²) in [6, 6.07) is 6.23. The Morgan fingerprint density at radius 1 is 1.35 bits per heavy atom. The first-order chi connectivity index (χ1) is 9.33. The third kappa shape index (κ3) is 2.96. The Morgan fingerprint density at radius 3 is 2.65 bits per heavy atom. The monoisotopic (exact) mass is 313 g/mol. The quantitative estimate of drug-likeness (QED) is 0.878. The summed E-state index contributed by atoms with van der Waals surface area (Å²) in [5.41, 5.74) is 7.48. The predicted octanol–water partition coefficient (Wildman–Crippen LogP) is 2.19. The van der Waals surface area contributed by atoms with Gasteiger partial charge in [0.05, 0.1) is 27.1 Å². The van der Waals surface area contributed by atoms with Gasteiger partial charge in [-0.1, -0.05) is 18.5 Å². The highest BCUT2D eigenvalue weighted by atomic mass is 35.5. The van der Waals surface area contributed by atoms with Crippen molar-refractivity contribution >= 4 is 27.1 Å². The molecule has 0 radical (unpaired) electrons. The van der Waals surface area contributed by atoms with Crippen LogP contribution in [0.4, 0.5) is 5.69 Å². The molecule has 5 nitrogen and oxygen atoms in total. The van der Waals surface area contributed by atoms with Crippen LogP contribution in [0, 0.1) is 0 Å². The molecule has 1 aromatic carbocycles. The molecule has 0 aliphatic rings.